The van der Waals surface area contributed by atoms with Gasteiger partial charge >= 0.3 is 0 Å². The fourth-order valence-corrected chi connectivity index (χ4v) is 11.4. The van der Waals surface area contributed by atoms with E-state index in [0.29, 0.717) is 28.3 Å². The van der Waals surface area contributed by atoms with Gasteiger partial charge in [-0.1, -0.05) is 224 Å². The molecule has 5 heteroatoms. The van der Waals surface area contributed by atoms with Gasteiger partial charge in [-0.25, -0.2) is 4.98 Å². The van der Waals surface area contributed by atoms with Crippen molar-refractivity contribution in [2.75, 3.05) is 16.5 Å². The monoisotopic (exact) mass is 1040 g/mol. The summed E-state index contributed by atoms with van der Waals surface area (Å²) in [5.74, 6) is 0.888. The predicted octanol–water partition coefficient (Wildman–Crippen LogP) is 20.5. The molecule has 1 aliphatic heterocycles. The molecule has 0 amide bonds. The highest BCUT2D eigenvalue weighted by molar-refractivity contribution is 6.16. The number of aromatic nitrogens is 2. The summed E-state index contributed by atoms with van der Waals surface area (Å²) in [6.07, 6.45) is 1.65. The minimum atomic E-state index is -2.47. The summed E-state index contributed by atoms with van der Waals surface area (Å²) in [7, 11) is 0. The number of fused-ring (bicyclic) bond motifs is 4. The summed E-state index contributed by atoms with van der Waals surface area (Å²) in [6.45, 7) is 11.1. The Bertz CT molecular complexity index is 4560. The molecule has 390 valence electrons. The fourth-order valence-electron chi connectivity index (χ4n) is 11.4. The number of anilines is 4. The highest BCUT2D eigenvalue weighted by Crippen LogP contribution is 2.51. The van der Waals surface area contributed by atoms with Crippen LogP contribution < -0.4 is 14.5 Å². The number of aryl methyl sites for hydroxylation is 1. The van der Waals surface area contributed by atoms with Crippen molar-refractivity contribution >= 4 is 44.6 Å². The van der Waals surface area contributed by atoms with E-state index in [4.69, 9.17) is 13.8 Å². The molecule has 13 rings (SSSR count). The van der Waals surface area contributed by atoms with Crippen molar-refractivity contribution in [1.82, 2.24) is 9.55 Å². The second kappa shape index (κ2) is 20.1. The molecule has 0 aliphatic carbocycles. The number of hydrogen-bond acceptors (Lipinski definition) is 4. The maximum Gasteiger partial charge on any atom is 0.137 e. The lowest BCUT2D eigenvalue weighted by Crippen LogP contribution is -2.25. The molecular formula is C75H64N4O. The molecule has 0 radical (unpaired) electrons. The molecule has 3 heterocycles. The third kappa shape index (κ3) is 9.28. The predicted molar refractivity (Wildman–Crippen MR) is 336 cm³/mol. The highest BCUT2D eigenvalue weighted by atomic mass is 16.5. The molecule has 1 aliphatic rings. The zero-order valence-electron chi connectivity index (χ0n) is 51.8. The second-order valence-corrected chi connectivity index (χ2v) is 22.8. The summed E-state index contributed by atoms with van der Waals surface area (Å²) >= 11 is 0. The molecule has 0 unspecified atom stereocenters. The van der Waals surface area contributed by atoms with Crippen molar-refractivity contribution in [3.8, 4) is 73.0 Å². The number of rotatable bonds is 10. The van der Waals surface area contributed by atoms with Gasteiger partial charge in [0, 0.05) is 55.6 Å². The first-order valence-corrected chi connectivity index (χ1v) is 27.4. The van der Waals surface area contributed by atoms with Crippen LogP contribution in [0.3, 0.4) is 0 Å². The molecule has 0 saturated heterocycles. The van der Waals surface area contributed by atoms with Crippen molar-refractivity contribution in [2.24, 2.45) is 0 Å². The van der Waals surface area contributed by atoms with Crippen LogP contribution in [-0.2, 0) is 10.8 Å². The molecule has 0 spiro atoms. The summed E-state index contributed by atoms with van der Waals surface area (Å²) < 4.78 is 64.0. The standard InChI is InChI=1S/C75H64N4O/c1-50-43-71(76-48-66(50)52-23-12-9-13-24-52)79-67-32-15-14-29-64(67)72-65(54-37-41-58(42-38-54)75(5,6)7)46-61(47-70(72)79)80-60-28-19-27-59(45-60)77-49-78(69-34-17-16-33-68(69)77)73-62(53-35-39-57(40-36-53)74(2,3)4)30-20-31-63(73)56-26-18-25-55(44-56)51-21-10-8-11-22-51/h8-48H,49H2,1-7H3/i1D3,19D,27D,28D. The zero-order chi connectivity index (χ0) is 59.8. The van der Waals surface area contributed by atoms with E-state index in [1.54, 1.807) is 18.3 Å². The molecule has 0 saturated carbocycles. The van der Waals surface area contributed by atoms with Gasteiger partial charge in [0.2, 0.25) is 0 Å². The van der Waals surface area contributed by atoms with Gasteiger partial charge in [-0.15, -0.1) is 0 Å². The SMILES string of the molecule is [2H]c1c(Oc2cc(-c3ccc(C(C)(C)C)cc3)c3c4ccccc4n(-c4cc(C([2H])([2H])[2H])c(-c5ccccc5)cn4)c3c2)cc(N2CN(c3c(-c4ccc(C(C)(C)C)cc4)cccc3-c3cccc(-c4ccccc4)c3)c3ccccc32)c([2H])c1[2H]. The molecule has 0 N–H and O–H groups in total. The first-order valence-electron chi connectivity index (χ1n) is 30.4. The maximum absolute atomic E-state index is 9.68. The van der Waals surface area contributed by atoms with Crippen LogP contribution in [0.4, 0.5) is 22.7 Å². The number of nitrogens with zero attached hydrogens (tertiary/aromatic N) is 4. The van der Waals surface area contributed by atoms with Crippen LogP contribution in [0.1, 0.15) is 66.5 Å². The maximum atomic E-state index is 9.68. The van der Waals surface area contributed by atoms with E-state index in [0.717, 1.165) is 83.4 Å². The topological polar surface area (TPSA) is 33.5 Å². The Morgan fingerprint density at radius 3 is 1.73 bits per heavy atom. The summed E-state index contributed by atoms with van der Waals surface area (Å²) in [5, 5.41) is 1.83. The van der Waals surface area contributed by atoms with Crippen molar-refractivity contribution in [3.63, 3.8) is 0 Å². The molecule has 2 aromatic heterocycles. The number of pyridine rings is 1. The van der Waals surface area contributed by atoms with Gasteiger partial charge in [-0.3, -0.25) is 4.57 Å². The van der Waals surface area contributed by atoms with Crippen LogP contribution in [0.2, 0.25) is 0 Å². The summed E-state index contributed by atoms with van der Waals surface area (Å²) in [5.41, 5.74) is 16.6. The van der Waals surface area contributed by atoms with Crippen LogP contribution in [0.15, 0.2) is 249 Å². The van der Waals surface area contributed by atoms with E-state index < -0.39 is 6.85 Å². The summed E-state index contributed by atoms with van der Waals surface area (Å²) in [4.78, 5) is 9.40. The molecule has 0 fully saturated rings. The molecular weight excluding hydrogens is 973 g/mol. The number of benzene rings is 10. The Balaban J connectivity index is 0.969. The third-order valence-corrected chi connectivity index (χ3v) is 15.6. The van der Waals surface area contributed by atoms with Crippen molar-refractivity contribution < 1.29 is 13.0 Å². The van der Waals surface area contributed by atoms with Gasteiger partial charge in [-0.2, -0.15) is 0 Å². The van der Waals surface area contributed by atoms with E-state index in [2.05, 4.69) is 179 Å². The van der Waals surface area contributed by atoms with Crippen LogP contribution in [0.25, 0.3) is 83.3 Å². The van der Waals surface area contributed by atoms with Crippen LogP contribution in [0.5, 0.6) is 11.5 Å². The van der Waals surface area contributed by atoms with Gasteiger partial charge in [0.05, 0.1) is 32.2 Å². The molecule has 5 nitrogen and oxygen atoms in total. The van der Waals surface area contributed by atoms with E-state index in [1.165, 1.54) is 11.1 Å². The van der Waals surface area contributed by atoms with E-state index in [-0.39, 0.29) is 46.9 Å². The molecule has 80 heavy (non-hydrogen) atoms. The Hall–Kier alpha value is -9.45. The molecule has 0 bridgehead atoms. The Labute approximate surface area is 479 Å². The first kappa shape index (κ1) is 43.5. The molecule has 0 atom stereocenters. The molecule has 10 aromatic carbocycles. The average Bonchev–Trinajstić information content (AvgIpc) is 3.00. The van der Waals surface area contributed by atoms with E-state index in [1.807, 2.05) is 89.5 Å². The van der Waals surface area contributed by atoms with E-state index >= 15 is 0 Å². The van der Waals surface area contributed by atoms with E-state index in [9.17, 15) is 4.11 Å². The lowest BCUT2D eigenvalue weighted by Gasteiger charge is -2.28. The minimum absolute atomic E-state index is 0.0363. The lowest BCUT2D eigenvalue weighted by atomic mass is 9.85. The Morgan fingerprint density at radius 2 is 1.04 bits per heavy atom. The van der Waals surface area contributed by atoms with Crippen molar-refractivity contribution in [3.05, 3.63) is 265 Å². The highest BCUT2D eigenvalue weighted by Gasteiger charge is 2.32. The minimum Gasteiger partial charge on any atom is -0.457 e. The van der Waals surface area contributed by atoms with Crippen LogP contribution in [-0.4, -0.2) is 16.2 Å². The Kier molecular flexibility index (Phi) is 10.9. The average molecular weight is 1040 g/mol. The number of para-hydroxylation sites is 4. The molecule has 12 aromatic rings. The lowest BCUT2D eigenvalue weighted by molar-refractivity contribution is 0.483. The van der Waals surface area contributed by atoms with Gasteiger partial charge in [0.1, 0.15) is 24.0 Å². The quantitative estimate of drug-likeness (QED) is 0.137. The second-order valence-electron chi connectivity index (χ2n) is 22.8. The zero-order valence-corrected chi connectivity index (χ0v) is 45.8. The smallest absolute Gasteiger partial charge is 0.137 e. The van der Waals surface area contributed by atoms with Gasteiger partial charge in [0.15, 0.2) is 0 Å². The number of hydrogen-bond donors (Lipinski definition) is 0. The van der Waals surface area contributed by atoms with Gasteiger partial charge in [-0.05, 0) is 122 Å². The van der Waals surface area contributed by atoms with Crippen molar-refractivity contribution in [1.29, 1.82) is 0 Å². The first-order chi connectivity index (χ1) is 41.3. The fraction of sp³-hybridized carbons (Fsp3) is 0.133. The summed E-state index contributed by atoms with van der Waals surface area (Å²) in [6, 6.07) is 75.4. The Morgan fingerprint density at radius 1 is 0.463 bits per heavy atom. The normalized spacial score (nSPS) is 13.8. The number of ether oxygens (including phenoxy) is 1. The van der Waals surface area contributed by atoms with Gasteiger partial charge < -0.3 is 14.5 Å². The van der Waals surface area contributed by atoms with Crippen LogP contribution >= 0.6 is 0 Å². The largest absolute Gasteiger partial charge is 0.457 e. The third-order valence-electron chi connectivity index (χ3n) is 15.6. The van der Waals surface area contributed by atoms with Crippen LogP contribution in [0, 0.1) is 6.85 Å². The van der Waals surface area contributed by atoms with Crippen molar-refractivity contribution in [2.45, 2.75) is 59.2 Å². The van der Waals surface area contributed by atoms with Gasteiger partial charge in [0.25, 0.3) is 0 Å².